The topological polar surface area (TPSA) is 96.0 Å². The van der Waals surface area contributed by atoms with E-state index >= 15 is 0 Å². The molecule has 28 heavy (non-hydrogen) atoms. The van der Waals surface area contributed by atoms with Crippen LogP contribution in [0, 0.1) is 23.2 Å². The summed E-state index contributed by atoms with van der Waals surface area (Å²) in [4.78, 5) is 48.6. The molecule has 3 fully saturated rings. The van der Waals surface area contributed by atoms with Crippen molar-refractivity contribution >= 4 is 23.9 Å². The number of hydrogen-bond acceptors (Lipinski definition) is 7. The van der Waals surface area contributed by atoms with E-state index in [2.05, 4.69) is 14.2 Å². The van der Waals surface area contributed by atoms with Gasteiger partial charge in [0.05, 0.1) is 24.0 Å². The molecule has 0 aromatic heterocycles. The predicted octanol–water partition coefficient (Wildman–Crippen LogP) is 2.19. The summed E-state index contributed by atoms with van der Waals surface area (Å²) in [6.07, 6.45) is -5.24. The molecule has 5 atom stereocenters. The van der Waals surface area contributed by atoms with E-state index < -0.39 is 65.9 Å². The van der Waals surface area contributed by atoms with Gasteiger partial charge in [0.25, 0.3) is 0 Å². The number of alkyl halides is 3. The first-order chi connectivity index (χ1) is 13.0. The van der Waals surface area contributed by atoms with Gasteiger partial charge in [-0.3, -0.25) is 19.1 Å². The van der Waals surface area contributed by atoms with Crippen LogP contribution < -0.4 is 0 Å². The number of allylic oxidation sites excluding steroid dienone is 1. The Labute approximate surface area is 157 Å². The van der Waals surface area contributed by atoms with Crippen molar-refractivity contribution in [3.05, 3.63) is 11.1 Å². The zero-order chi connectivity index (χ0) is 20.4. The number of cyclic esters (lactones) is 4. The van der Waals surface area contributed by atoms with E-state index in [0.29, 0.717) is 31.3 Å². The summed E-state index contributed by atoms with van der Waals surface area (Å²) < 4.78 is 53.5. The first kappa shape index (κ1) is 19.1. The van der Waals surface area contributed by atoms with E-state index in [-0.39, 0.29) is 5.57 Å². The van der Waals surface area contributed by atoms with Crippen LogP contribution in [0.5, 0.6) is 0 Å². The van der Waals surface area contributed by atoms with E-state index in [0.717, 1.165) is 0 Å². The first-order valence-electron chi connectivity index (χ1n) is 9.02. The number of carbonyl (C=O) groups is 4. The minimum absolute atomic E-state index is 0.0842. The van der Waals surface area contributed by atoms with Gasteiger partial charge in [-0.25, -0.2) is 4.79 Å². The Morgan fingerprint density at radius 2 is 1.75 bits per heavy atom. The largest absolute Gasteiger partial charge is 0.522 e. The van der Waals surface area contributed by atoms with E-state index in [4.69, 9.17) is 0 Å². The Hall–Kier alpha value is -2.23. The first-order valence-corrected chi connectivity index (χ1v) is 9.02. The van der Waals surface area contributed by atoms with Crippen LogP contribution in [0.3, 0.4) is 0 Å². The molecule has 2 heterocycles. The fraction of sp³-hybridized carbons (Fsp3) is 0.667. The normalized spacial score (nSPS) is 38.3. The zero-order valence-electron chi connectivity index (χ0n) is 14.8. The van der Waals surface area contributed by atoms with Crippen molar-refractivity contribution in [3.63, 3.8) is 0 Å². The summed E-state index contributed by atoms with van der Waals surface area (Å²) in [5.41, 5.74) is -1.12. The lowest BCUT2D eigenvalue weighted by Crippen LogP contribution is -2.57. The number of esters is 4. The van der Waals surface area contributed by atoms with Crippen molar-refractivity contribution in [3.8, 4) is 0 Å². The third-order valence-corrected chi connectivity index (χ3v) is 6.48. The van der Waals surface area contributed by atoms with Crippen molar-refractivity contribution in [2.24, 2.45) is 23.2 Å². The van der Waals surface area contributed by atoms with Gasteiger partial charge in [0.1, 0.15) is 5.92 Å². The highest BCUT2D eigenvalue weighted by Crippen LogP contribution is 2.60. The lowest BCUT2D eigenvalue weighted by Gasteiger charge is -2.52. The Balaban J connectivity index is 1.92. The van der Waals surface area contributed by atoms with Gasteiger partial charge in [0.15, 0.2) is 0 Å². The fourth-order valence-electron chi connectivity index (χ4n) is 5.37. The van der Waals surface area contributed by atoms with Crippen LogP contribution in [0.1, 0.15) is 39.0 Å². The lowest BCUT2D eigenvalue weighted by atomic mass is 9.52. The van der Waals surface area contributed by atoms with Gasteiger partial charge in [0, 0.05) is 5.41 Å². The molecule has 7 nitrogen and oxygen atoms in total. The number of carbonyl (C=O) groups excluding carboxylic acids is 4. The van der Waals surface area contributed by atoms with Crippen molar-refractivity contribution < 1.29 is 46.6 Å². The Kier molecular flexibility index (Phi) is 4.18. The molecule has 2 saturated heterocycles. The minimum Gasteiger partial charge on any atom is -0.393 e. The summed E-state index contributed by atoms with van der Waals surface area (Å²) in [5.74, 6) is -7.30. The molecule has 5 unspecified atom stereocenters. The third kappa shape index (κ3) is 2.68. The molecule has 0 aromatic rings. The van der Waals surface area contributed by atoms with Crippen LogP contribution in [-0.4, -0.2) is 36.3 Å². The second-order valence-corrected chi connectivity index (χ2v) is 7.82. The van der Waals surface area contributed by atoms with E-state index in [9.17, 15) is 32.3 Å². The standard InChI is InChI=1S/C18H17F3O7/c1-17(9-6-10(22)26-14(9)23)8-5-3-2-4-7(8)11-12(16(25)27-15(11)24)13(17)28-18(19,20)21/h8-9,12-13H,2-6H2,1H3. The van der Waals surface area contributed by atoms with Gasteiger partial charge in [0.2, 0.25) is 0 Å². The van der Waals surface area contributed by atoms with E-state index in [1.807, 2.05) is 0 Å². The third-order valence-electron chi connectivity index (χ3n) is 6.48. The summed E-state index contributed by atoms with van der Waals surface area (Å²) in [7, 11) is 0. The summed E-state index contributed by atoms with van der Waals surface area (Å²) in [5, 5.41) is 0. The monoisotopic (exact) mass is 402 g/mol. The molecular weight excluding hydrogens is 385 g/mol. The number of ether oxygens (including phenoxy) is 3. The summed E-state index contributed by atoms with van der Waals surface area (Å²) >= 11 is 0. The highest BCUT2D eigenvalue weighted by atomic mass is 19.4. The van der Waals surface area contributed by atoms with Crippen molar-refractivity contribution in [2.75, 3.05) is 0 Å². The minimum atomic E-state index is -5.12. The smallest absolute Gasteiger partial charge is 0.393 e. The molecule has 4 aliphatic rings. The van der Waals surface area contributed by atoms with Gasteiger partial charge in [-0.05, 0) is 25.2 Å². The van der Waals surface area contributed by atoms with Gasteiger partial charge >= 0.3 is 30.2 Å². The molecule has 152 valence electrons. The molecule has 0 bridgehead atoms. The van der Waals surface area contributed by atoms with Crippen LogP contribution in [0.2, 0.25) is 0 Å². The molecule has 0 radical (unpaired) electrons. The van der Waals surface area contributed by atoms with Crippen molar-refractivity contribution in [1.82, 2.24) is 0 Å². The molecule has 0 amide bonds. The fourth-order valence-corrected chi connectivity index (χ4v) is 5.37. The van der Waals surface area contributed by atoms with Crippen LogP contribution in [0.15, 0.2) is 11.1 Å². The molecule has 0 spiro atoms. The average molecular weight is 402 g/mol. The molecule has 0 N–H and O–H groups in total. The molecule has 10 heteroatoms. The Bertz CT molecular complexity index is 814. The Morgan fingerprint density at radius 1 is 1.04 bits per heavy atom. The molecule has 0 aromatic carbocycles. The van der Waals surface area contributed by atoms with Gasteiger partial charge < -0.3 is 9.47 Å². The molecule has 1 saturated carbocycles. The summed E-state index contributed by atoms with van der Waals surface area (Å²) in [6, 6.07) is 0. The average Bonchev–Trinajstić information content (AvgIpc) is 3.09. The van der Waals surface area contributed by atoms with E-state index in [1.54, 1.807) is 0 Å². The Morgan fingerprint density at radius 3 is 2.36 bits per heavy atom. The maximum atomic E-state index is 13.3. The maximum Gasteiger partial charge on any atom is 0.522 e. The number of rotatable bonds is 2. The van der Waals surface area contributed by atoms with Crippen LogP contribution in [-0.2, 0) is 33.4 Å². The number of hydrogen-bond donors (Lipinski definition) is 0. The molecule has 2 aliphatic heterocycles. The van der Waals surface area contributed by atoms with Crippen molar-refractivity contribution in [1.29, 1.82) is 0 Å². The number of halogens is 3. The van der Waals surface area contributed by atoms with E-state index in [1.165, 1.54) is 6.92 Å². The maximum absolute atomic E-state index is 13.3. The molecule has 4 rings (SSSR count). The quantitative estimate of drug-likeness (QED) is 0.516. The highest BCUT2D eigenvalue weighted by Gasteiger charge is 2.66. The molecule has 2 aliphatic carbocycles. The van der Waals surface area contributed by atoms with Crippen LogP contribution >= 0.6 is 0 Å². The second-order valence-electron chi connectivity index (χ2n) is 7.82. The lowest BCUT2D eigenvalue weighted by molar-refractivity contribution is -0.364. The highest BCUT2D eigenvalue weighted by molar-refractivity contribution is 6.09. The predicted molar refractivity (Wildman–Crippen MR) is 81.8 cm³/mol. The van der Waals surface area contributed by atoms with Gasteiger partial charge in [-0.1, -0.05) is 18.9 Å². The molecular formula is C18H17F3O7. The number of fused-ring (bicyclic) bond motifs is 2. The van der Waals surface area contributed by atoms with Crippen molar-refractivity contribution in [2.45, 2.75) is 51.5 Å². The van der Waals surface area contributed by atoms with Gasteiger partial charge in [-0.2, -0.15) is 0 Å². The SMILES string of the molecule is CC1(C2CC(=O)OC2=O)C2CCCCC2=C2C(=O)OC(=O)C2C1OC(F)(F)F. The van der Waals surface area contributed by atoms with Crippen LogP contribution in [0.4, 0.5) is 13.2 Å². The van der Waals surface area contributed by atoms with Gasteiger partial charge in [-0.15, -0.1) is 13.2 Å². The summed E-state index contributed by atoms with van der Waals surface area (Å²) in [6.45, 7) is 1.41. The second kappa shape index (κ2) is 6.13. The zero-order valence-corrected chi connectivity index (χ0v) is 14.8. The van der Waals surface area contributed by atoms with Crippen LogP contribution in [0.25, 0.3) is 0 Å².